The molecule has 0 radical (unpaired) electrons. The molecule has 6 nitrogen and oxygen atoms in total. The van der Waals surface area contributed by atoms with Crippen molar-refractivity contribution in [2.24, 2.45) is 10.9 Å². The Kier molecular flexibility index (Phi) is 3.89. The van der Waals surface area contributed by atoms with E-state index in [2.05, 4.69) is 5.16 Å². The number of rotatable bonds is 1. The van der Waals surface area contributed by atoms with Gasteiger partial charge in [-0.1, -0.05) is 5.16 Å². The van der Waals surface area contributed by atoms with E-state index in [-0.39, 0.29) is 11.9 Å². The number of oxime groups is 1. The fourth-order valence-corrected chi connectivity index (χ4v) is 3.05. The molecule has 0 saturated carbocycles. The van der Waals surface area contributed by atoms with Gasteiger partial charge in [0.25, 0.3) is 0 Å². The number of fused-ring (bicyclic) bond motifs is 1. The predicted molar refractivity (Wildman–Crippen MR) is 77.2 cm³/mol. The molecule has 20 heavy (non-hydrogen) atoms. The molecule has 110 valence electrons. The lowest BCUT2D eigenvalue weighted by Crippen LogP contribution is -2.39. The minimum Gasteiger partial charge on any atom is -0.444 e. The van der Waals surface area contributed by atoms with E-state index in [0.29, 0.717) is 13.1 Å². The summed E-state index contributed by atoms with van der Waals surface area (Å²) in [5.41, 5.74) is 6.13. The molecule has 1 aliphatic heterocycles. The Morgan fingerprint density at radius 1 is 1.55 bits per heavy atom. The zero-order valence-electron chi connectivity index (χ0n) is 11.8. The average Bonchev–Trinajstić information content (AvgIpc) is 2.78. The highest BCUT2D eigenvalue weighted by atomic mass is 32.1. The van der Waals surface area contributed by atoms with Crippen LogP contribution in [0.2, 0.25) is 0 Å². The molecular weight excluding hydrogens is 278 g/mol. The van der Waals surface area contributed by atoms with Gasteiger partial charge >= 0.3 is 6.09 Å². The van der Waals surface area contributed by atoms with Gasteiger partial charge < -0.3 is 20.6 Å². The number of hydrogen-bond donors (Lipinski definition) is 2. The van der Waals surface area contributed by atoms with E-state index >= 15 is 0 Å². The number of nitrogens with two attached hydrogens (primary N) is 1. The van der Waals surface area contributed by atoms with Crippen LogP contribution < -0.4 is 5.73 Å². The largest absolute Gasteiger partial charge is 0.444 e. The summed E-state index contributed by atoms with van der Waals surface area (Å²) >= 11 is 1.50. The molecule has 0 bridgehead atoms. The van der Waals surface area contributed by atoms with E-state index in [1.54, 1.807) is 4.90 Å². The van der Waals surface area contributed by atoms with Crippen LogP contribution in [0.3, 0.4) is 0 Å². The van der Waals surface area contributed by atoms with Crippen molar-refractivity contribution in [1.29, 1.82) is 0 Å². The number of amides is 1. The molecule has 0 spiro atoms. The highest BCUT2D eigenvalue weighted by Crippen LogP contribution is 2.28. The molecule has 1 amide bonds. The average molecular weight is 297 g/mol. The van der Waals surface area contributed by atoms with Crippen LogP contribution in [0.25, 0.3) is 0 Å². The molecule has 0 fully saturated rings. The summed E-state index contributed by atoms with van der Waals surface area (Å²) < 4.78 is 5.37. The number of amidine groups is 1. The van der Waals surface area contributed by atoms with Gasteiger partial charge in [0.1, 0.15) is 5.60 Å². The van der Waals surface area contributed by atoms with Crippen molar-refractivity contribution < 1.29 is 14.7 Å². The molecule has 2 rings (SSSR count). The third kappa shape index (κ3) is 3.22. The molecule has 1 aromatic heterocycles. The van der Waals surface area contributed by atoms with Crippen LogP contribution in [0.1, 0.15) is 36.1 Å². The number of carbonyl (C=O) groups excluding carboxylic acids is 1. The summed E-state index contributed by atoms with van der Waals surface area (Å²) in [6.45, 7) is 6.67. The highest BCUT2D eigenvalue weighted by molar-refractivity contribution is 7.14. The summed E-state index contributed by atoms with van der Waals surface area (Å²) in [6.07, 6.45) is 0.456. The third-order valence-corrected chi connectivity index (χ3v) is 4.14. The van der Waals surface area contributed by atoms with Gasteiger partial charge in [0.15, 0.2) is 5.84 Å². The fourth-order valence-electron chi connectivity index (χ4n) is 1.99. The summed E-state index contributed by atoms with van der Waals surface area (Å²) in [5, 5.41) is 11.7. The second-order valence-corrected chi connectivity index (χ2v) is 6.83. The Morgan fingerprint density at radius 3 is 2.85 bits per heavy atom. The lowest BCUT2D eigenvalue weighted by atomic mass is 10.1. The summed E-state index contributed by atoms with van der Waals surface area (Å²) in [6, 6.07) is 1.87. The van der Waals surface area contributed by atoms with Crippen molar-refractivity contribution in [1.82, 2.24) is 4.90 Å². The maximum Gasteiger partial charge on any atom is 0.410 e. The molecule has 3 N–H and O–H groups in total. The van der Waals surface area contributed by atoms with Crippen LogP contribution in [-0.2, 0) is 17.7 Å². The molecule has 0 unspecified atom stereocenters. The van der Waals surface area contributed by atoms with E-state index in [9.17, 15) is 4.79 Å². The van der Waals surface area contributed by atoms with E-state index in [4.69, 9.17) is 15.7 Å². The Balaban J connectivity index is 2.11. The Bertz CT molecular complexity index is 546. The fraction of sp³-hybridized carbons (Fsp3) is 0.538. The lowest BCUT2D eigenvalue weighted by molar-refractivity contribution is 0.0225. The smallest absolute Gasteiger partial charge is 0.410 e. The van der Waals surface area contributed by atoms with Crippen LogP contribution in [0.15, 0.2) is 11.2 Å². The Morgan fingerprint density at radius 2 is 2.25 bits per heavy atom. The SMILES string of the molecule is CC(C)(C)OC(=O)N1CCc2sc(C(N)=NO)cc2C1. The number of ether oxygens (including phenoxy) is 1. The highest BCUT2D eigenvalue weighted by Gasteiger charge is 2.27. The maximum atomic E-state index is 12.0. The topological polar surface area (TPSA) is 88.2 Å². The van der Waals surface area contributed by atoms with Crippen LogP contribution in [0.5, 0.6) is 0 Å². The first kappa shape index (κ1) is 14.6. The summed E-state index contributed by atoms with van der Waals surface area (Å²) in [7, 11) is 0. The second kappa shape index (κ2) is 5.32. The molecule has 0 saturated heterocycles. The Hall–Kier alpha value is -1.76. The summed E-state index contributed by atoms with van der Waals surface area (Å²) in [4.78, 5) is 15.6. The van der Waals surface area contributed by atoms with Crippen LogP contribution in [0, 0.1) is 0 Å². The molecular formula is C13H19N3O3S. The third-order valence-electron chi connectivity index (χ3n) is 2.88. The quantitative estimate of drug-likeness (QED) is 0.360. The van der Waals surface area contributed by atoms with Crippen LogP contribution >= 0.6 is 11.3 Å². The lowest BCUT2D eigenvalue weighted by Gasteiger charge is -2.29. The van der Waals surface area contributed by atoms with Gasteiger partial charge in [-0.05, 0) is 38.8 Å². The number of carbonyl (C=O) groups is 1. The maximum absolute atomic E-state index is 12.0. The number of nitrogens with zero attached hydrogens (tertiary/aromatic N) is 2. The molecule has 1 aromatic rings. The number of hydrogen-bond acceptors (Lipinski definition) is 5. The van der Waals surface area contributed by atoms with E-state index in [1.807, 2.05) is 26.8 Å². The first-order valence-electron chi connectivity index (χ1n) is 6.37. The van der Waals surface area contributed by atoms with Crippen molar-refractivity contribution >= 4 is 23.3 Å². The number of thiophene rings is 1. The second-order valence-electron chi connectivity index (χ2n) is 5.70. The van der Waals surface area contributed by atoms with Gasteiger partial charge in [-0.2, -0.15) is 0 Å². The predicted octanol–water partition coefficient (Wildman–Crippen LogP) is 2.14. The molecule has 0 aromatic carbocycles. The standard InChI is InChI=1S/C13H19N3O3S/c1-13(2,3)19-12(17)16-5-4-9-8(7-16)6-10(20-9)11(14)15-18/h6,18H,4-5,7H2,1-3H3,(H2,14,15). The van der Waals surface area contributed by atoms with Crippen LogP contribution in [0.4, 0.5) is 4.79 Å². The molecule has 7 heteroatoms. The zero-order chi connectivity index (χ0) is 14.9. The van der Waals surface area contributed by atoms with Crippen molar-refractivity contribution in [2.45, 2.75) is 39.3 Å². The van der Waals surface area contributed by atoms with E-state index in [0.717, 1.165) is 16.9 Å². The van der Waals surface area contributed by atoms with Crippen molar-refractivity contribution in [2.75, 3.05) is 6.54 Å². The van der Waals surface area contributed by atoms with Crippen molar-refractivity contribution in [3.05, 3.63) is 21.4 Å². The van der Waals surface area contributed by atoms with E-state index < -0.39 is 5.60 Å². The van der Waals surface area contributed by atoms with Gasteiger partial charge in [-0.3, -0.25) is 0 Å². The zero-order valence-corrected chi connectivity index (χ0v) is 12.7. The summed E-state index contributed by atoms with van der Waals surface area (Å²) in [5.74, 6) is 0.105. The first-order chi connectivity index (χ1) is 9.30. The van der Waals surface area contributed by atoms with Gasteiger partial charge in [-0.15, -0.1) is 11.3 Å². The molecule has 1 aliphatic rings. The molecule has 0 atom stereocenters. The molecule has 0 aliphatic carbocycles. The minimum absolute atomic E-state index is 0.105. The van der Waals surface area contributed by atoms with Crippen LogP contribution in [-0.4, -0.2) is 34.2 Å². The van der Waals surface area contributed by atoms with Gasteiger partial charge in [0.2, 0.25) is 0 Å². The van der Waals surface area contributed by atoms with Gasteiger partial charge in [0, 0.05) is 11.4 Å². The normalized spacial score (nSPS) is 15.9. The van der Waals surface area contributed by atoms with Gasteiger partial charge in [0.05, 0.1) is 11.4 Å². The Labute approximate surface area is 121 Å². The minimum atomic E-state index is -0.495. The van der Waals surface area contributed by atoms with E-state index in [1.165, 1.54) is 16.2 Å². The van der Waals surface area contributed by atoms with Crippen molar-refractivity contribution in [3.8, 4) is 0 Å². The first-order valence-corrected chi connectivity index (χ1v) is 7.19. The van der Waals surface area contributed by atoms with Gasteiger partial charge in [-0.25, -0.2) is 4.79 Å². The monoisotopic (exact) mass is 297 g/mol. The molecule has 2 heterocycles. The van der Waals surface area contributed by atoms with Crippen molar-refractivity contribution in [3.63, 3.8) is 0 Å².